The molecule has 3 rings (SSSR count). The summed E-state index contributed by atoms with van der Waals surface area (Å²) in [5, 5.41) is 5.74. The number of benzene rings is 1. The van der Waals surface area contributed by atoms with E-state index in [-0.39, 0.29) is 23.8 Å². The summed E-state index contributed by atoms with van der Waals surface area (Å²) in [5.74, 6) is 0.129. The molecule has 2 aliphatic rings. The van der Waals surface area contributed by atoms with Gasteiger partial charge in [-0.25, -0.2) is 0 Å². The zero-order chi connectivity index (χ0) is 17.5. The molecule has 1 aliphatic carbocycles. The van der Waals surface area contributed by atoms with Gasteiger partial charge in [0.2, 0.25) is 5.91 Å². The molecule has 1 aromatic carbocycles. The minimum absolute atomic E-state index is 0.0696. The molecule has 6 heteroatoms. The third-order valence-corrected chi connectivity index (χ3v) is 4.44. The summed E-state index contributed by atoms with van der Waals surface area (Å²) in [5.41, 5.74) is 1.32. The average Bonchev–Trinajstić information content (AvgIpc) is 3.35. The van der Waals surface area contributed by atoms with Crippen molar-refractivity contribution in [3.63, 3.8) is 0 Å². The third-order valence-electron chi connectivity index (χ3n) is 4.44. The molecule has 1 heterocycles. The molecule has 2 fully saturated rings. The van der Waals surface area contributed by atoms with E-state index in [1.165, 1.54) is 0 Å². The smallest absolute Gasteiger partial charge is 0.251 e. The Bertz CT molecular complexity index is 578. The molecule has 0 bridgehead atoms. The molecule has 136 valence electrons. The van der Waals surface area contributed by atoms with Gasteiger partial charge in [-0.3, -0.25) is 9.59 Å². The second kappa shape index (κ2) is 8.97. The Hall–Kier alpha value is -1.92. The lowest BCUT2D eigenvalue weighted by Crippen LogP contribution is -2.25. The van der Waals surface area contributed by atoms with E-state index < -0.39 is 0 Å². The van der Waals surface area contributed by atoms with Crippen molar-refractivity contribution in [2.45, 2.75) is 38.2 Å². The quantitative estimate of drug-likeness (QED) is 0.673. The predicted molar refractivity (Wildman–Crippen MR) is 94.5 cm³/mol. The number of hydrogen-bond acceptors (Lipinski definition) is 4. The Kier molecular flexibility index (Phi) is 6.42. The van der Waals surface area contributed by atoms with Crippen LogP contribution in [0.4, 0.5) is 5.69 Å². The van der Waals surface area contributed by atoms with Gasteiger partial charge in [0.15, 0.2) is 0 Å². The summed E-state index contributed by atoms with van der Waals surface area (Å²) in [4.78, 5) is 23.8. The maximum absolute atomic E-state index is 12.1. The monoisotopic (exact) mass is 346 g/mol. The van der Waals surface area contributed by atoms with E-state index in [4.69, 9.17) is 9.47 Å². The highest BCUT2D eigenvalue weighted by Gasteiger charge is 2.29. The van der Waals surface area contributed by atoms with Gasteiger partial charge < -0.3 is 20.1 Å². The minimum atomic E-state index is -0.112. The first-order valence-electron chi connectivity index (χ1n) is 9.11. The van der Waals surface area contributed by atoms with Gasteiger partial charge in [-0.05, 0) is 56.4 Å². The summed E-state index contributed by atoms with van der Waals surface area (Å²) in [6.45, 7) is 2.67. The highest BCUT2D eigenvalue weighted by Crippen LogP contribution is 2.30. The number of ether oxygens (including phenoxy) is 2. The first-order chi connectivity index (χ1) is 12.2. The van der Waals surface area contributed by atoms with Crippen molar-refractivity contribution in [2.24, 2.45) is 5.92 Å². The van der Waals surface area contributed by atoms with Crippen LogP contribution in [0.1, 0.15) is 42.5 Å². The number of carbonyl (C=O) groups is 2. The third kappa shape index (κ3) is 5.83. The van der Waals surface area contributed by atoms with Crippen LogP contribution in [0.3, 0.4) is 0 Å². The van der Waals surface area contributed by atoms with Crippen molar-refractivity contribution >= 4 is 17.5 Å². The van der Waals surface area contributed by atoms with Crippen LogP contribution in [-0.4, -0.2) is 44.3 Å². The zero-order valence-electron chi connectivity index (χ0n) is 14.5. The van der Waals surface area contributed by atoms with Gasteiger partial charge >= 0.3 is 0 Å². The van der Waals surface area contributed by atoms with Gasteiger partial charge in [0, 0.05) is 36.9 Å². The largest absolute Gasteiger partial charge is 0.379 e. The van der Waals surface area contributed by atoms with Crippen LogP contribution in [-0.2, 0) is 14.3 Å². The van der Waals surface area contributed by atoms with Crippen LogP contribution in [0.15, 0.2) is 24.3 Å². The molecular formula is C19H26N2O4. The molecular weight excluding hydrogens is 320 g/mol. The molecule has 6 nitrogen and oxygen atoms in total. The number of carbonyl (C=O) groups excluding carboxylic acids is 2. The summed E-state index contributed by atoms with van der Waals surface area (Å²) in [6, 6.07) is 6.98. The van der Waals surface area contributed by atoms with Crippen molar-refractivity contribution in [3.8, 4) is 0 Å². The topological polar surface area (TPSA) is 76.7 Å². The van der Waals surface area contributed by atoms with Crippen LogP contribution < -0.4 is 10.6 Å². The van der Waals surface area contributed by atoms with Crippen LogP contribution >= 0.6 is 0 Å². The summed E-state index contributed by atoms with van der Waals surface area (Å²) < 4.78 is 11.1. The van der Waals surface area contributed by atoms with Gasteiger partial charge in [-0.15, -0.1) is 0 Å². The lowest BCUT2D eigenvalue weighted by molar-refractivity contribution is -0.117. The Labute approximate surface area is 148 Å². The van der Waals surface area contributed by atoms with Gasteiger partial charge in [-0.2, -0.15) is 0 Å². The standard InChI is InChI=1S/C19H26N2O4/c22-18(20-10-2-11-24-13-17-3-1-12-25-17)14-6-8-16(9-7-14)21-19(23)15-4-5-15/h6-9,15,17H,1-5,10-13H2,(H,20,22)(H,21,23). The molecule has 1 aliphatic heterocycles. The van der Waals surface area contributed by atoms with Crippen LogP contribution in [0, 0.1) is 5.92 Å². The normalized spacial score (nSPS) is 19.6. The molecule has 1 atom stereocenters. The van der Waals surface area contributed by atoms with Gasteiger partial charge in [0.05, 0.1) is 12.7 Å². The number of amides is 2. The lowest BCUT2D eigenvalue weighted by Gasteiger charge is -2.10. The summed E-state index contributed by atoms with van der Waals surface area (Å²) in [6.07, 6.45) is 5.16. The molecule has 2 amide bonds. The number of anilines is 1. The minimum Gasteiger partial charge on any atom is -0.379 e. The highest BCUT2D eigenvalue weighted by molar-refractivity contribution is 5.96. The van der Waals surface area contributed by atoms with E-state index in [1.807, 2.05) is 0 Å². The van der Waals surface area contributed by atoms with Crippen molar-refractivity contribution in [1.82, 2.24) is 5.32 Å². The average molecular weight is 346 g/mol. The Morgan fingerprint density at radius 1 is 1.16 bits per heavy atom. The lowest BCUT2D eigenvalue weighted by atomic mass is 10.2. The van der Waals surface area contributed by atoms with Crippen molar-refractivity contribution in [2.75, 3.05) is 31.7 Å². The Morgan fingerprint density at radius 3 is 2.64 bits per heavy atom. The highest BCUT2D eigenvalue weighted by atomic mass is 16.5. The first kappa shape index (κ1) is 17.9. The molecule has 1 saturated carbocycles. The Balaban J connectivity index is 1.30. The van der Waals surface area contributed by atoms with E-state index >= 15 is 0 Å². The number of rotatable bonds is 9. The second-order valence-electron chi connectivity index (χ2n) is 6.66. The zero-order valence-corrected chi connectivity index (χ0v) is 14.5. The van der Waals surface area contributed by atoms with Crippen LogP contribution in [0.5, 0.6) is 0 Å². The molecule has 0 radical (unpaired) electrons. The fraction of sp³-hybridized carbons (Fsp3) is 0.579. The molecule has 1 saturated heterocycles. The van der Waals surface area contributed by atoms with Gasteiger partial charge in [0.25, 0.3) is 5.91 Å². The van der Waals surface area contributed by atoms with E-state index in [2.05, 4.69) is 10.6 Å². The molecule has 0 spiro atoms. The fourth-order valence-electron chi connectivity index (χ4n) is 2.76. The molecule has 25 heavy (non-hydrogen) atoms. The van der Waals surface area contributed by atoms with Crippen LogP contribution in [0.25, 0.3) is 0 Å². The fourth-order valence-corrected chi connectivity index (χ4v) is 2.76. The maximum atomic E-state index is 12.1. The summed E-state index contributed by atoms with van der Waals surface area (Å²) in [7, 11) is 0. The van der Waals surface area contributed by atoms with Gasteiger partial charge in [0.1, 0.15) is 0 Å². The number of nitrogens with one attached hydrogen (secondary N) is 2. The molecule has 2 N–H and O–H groups in total. The van der Waals surface area contributed by atoms with Crippen molar-refractivity contribution in [3.05, 3.63) is 29.8 Å². The first-order valence-corrected chi connectivity index (χ1v) is 9.11. The van der Waals surface area contributed by atoms with Gasteiger partial charge in [-0.1, -0.05) is 0 Å². The van der Waals surface area contributed by atoms with E-state index in [9.17, 15) is 9.59 Å². The molecule has 1 aromatic rings. The number of hydrogen-bond donors (Lipinski definition) is 2. The van der Waals surface area contributed by atoms with Crippen molar-refractivity contribution in [1.29, 1.82) is 0 Å². The molecule has 0 aromatic heterocycles. The molecule has 1 unspecified atom stereocenters. The summed E-state index contributed by atoms with van der Waals surface area (Å²) >= 11 is 0. The maximum Gasteiger partial charge on any atom is 0.251 e. The van der Waals surface area contributed by atoms with E-state index in [0.717, 1.165) is 44.4 Å². The second-order valence-corrected chi connectivity index (χ2v) is 6.66. The predicted octanol–water partition coefficient (Wildman–Crippen LogP) is 2.35. The Morgan fingerprint density at radius 2 is 1.96 bits per heavy atom. The van der Waals surface area contributed by atoms with Crippen molar-refractivity contribution < 1.29 is 19.1 Å². The van der Waals surface area contributed by atoms with E-state index in [1.54, 1.807) is 24.3 Å². The SMILES string of the molecule is O=C(NCCCOCC1CCCO1)c1ccc(NC(=O)C2CC2)cc1. The van der Waals surface area contributed by atoms with E-state index in [0.29, 0.717) is 25.3 Å². The van der Waals surface area contributed by atoms with Crippen LogP contribution in [0.2, 0.25) is 0 Å².